The normalized spacial score (nSPS) is 5.59. The number of carboxylic acids is 3. The molecule has 0 heterocycles. The molecule has 4 N–H and O–H groups in total. The number of aliphatic carboxylic acids is 3. The second-order valence-electron chi connectivity index (χ2n) is 1.77. The molecule has 0 radical (unpaired) electrons. The molecule has 0 bridgehead atoms. The number of aliphatic hydroxyl groups excluding tert-OH is 1. The van der Waals surface area contributed by atoms with Gasteiger partial charge < -0.3 is 21.9 Å². The van der Waals surface area contributed by atoms with E-state index in [0.29, 0.717) is 0 Å². The van der Waals surface area contributed by atoms with Crippen LogP contribution >= 0.6 is 0 Å². The van der Waals surface area contributed by atoms with Crippen LogP contribution in [0, 0.1) is 11.3 Å². The van der Waals surface area contributed by atoms with E-state index in [0.717, 1.165) is 19.9 Å². The number of aliphatic hydroxyl groups is 1. The van der Waals surface area contributed by atoms with E-state index in [4.69, 9.17) is 40.1 Å². The second kappa shape index (κ2) is 29.6. The van der Waals surface area contributed by atoms with Crippen molar-refractivity contribution < 1.29 is 87.6 Å². The third-order valence-electron chi connectivity index (χ3n) is 0.0956. The predicted molar refractivity (Wildman–Crippen MR) is 53.7 cm³/mol. The molecule has 0 amide bonds. The van der Waals surface area contributed by atoms with E-state index in [1.165, 1.54) is 0 Å². The predicted octanol–water partition coefficient (Wildman–Crippen LogP) is -3.11. The Balaban J connectivity index is -0.0000000261. The largest absolute Gasteiger partial charge is 1.00 e. The maximum atomic E-state index is 9.01. The summed E-state index contributed by atoms with van der Waals surface area (Å²) in [6.45, 7) is 4.10. The van der Waals surface area contributed by atoms with Gasteiger partial charge in [-0.05, 0) is 6.92 Å². The van der Waals surface area contributed by atoms with Crippen LogP contribution in [0.25, 0.3) is 0 Å². The monoisotopic (exact) mass is 277 g/mol. The first-order valence-corrected chi connectivity index (χ1v) is 3.78. The van der Waals surface area contributed by atoms with E-state index in [1.54, 1.807) is 6.92 Å². The fraction of sp³-hybridized carbons (Fsp3) is 0.500. The summed E-state index contributed by atoms with van der Waals surface area (Å²) < 4.78 is 0. The molecule has 0 fully saturated rings. The van der Waals surface area contributed by atoms with Gasteiger partial charge in [0.25, 0.3) is 11.9 Å². The van der Waals surface area contributed by atoms with Gasteiger partial charge in [0.15, 0.2) is 6.07 Å². The zero-order valence-corrected chi connectivity index (χ0v) is 13.3. The Morgan fingerprint density at radius 3 is 1.18 bits per heavy atom. The van der Waals surface area contributed by atoms with E-state index in [9.17, 15) is 0 Å². The Hall–Kier alpha value is -0.504. The summed E-state index contributed by atoms with van der Waals surface area (Å²) in [7, 11) is 0. The molecule has 0 aromatic carbocycles. The van der Waals surface area contributed by atoms with Crippen molar-refractivity contribution in [1.82, 2.24) is 0 Å². The van der Waals surface area contributed by atoms with Gasteiger partial charge in [-0.1, -0.05) is 0 Å². The van der Waals surface area contributed by atoms with Crippen molar-refractivity contribution in [1.29, 1.82) is 5.26 Å². The van der Waals surface area contributed by atoms with Crippen molar-refractivity contribution in [2.24, 2.45) is 0 Å². The molecule has 0 saturated heterocycles. The first-order valence-electron chi connectivity index (χ1n) is 3.78. The van der Waals surface area contributed by atoms with Gasteiger partial charge >= 0.3 is 57.4 Å². The molecule has 0 aliphatic rings. The molecule has 0 saturated carbocycles. The van der Waals surface area contributed by atoms with Gasteiger partial charge in [0.05, 0.1) is 0 Å². The standard InChI is InChI=1S/C2HNO2.2C2H4O2.C2H6O.K.H/c3-1-2(4)5;2*1-2(3)4;1-2-3;;/h(H,4,5);2*1H3,(H,3,4);3H,2H2,1H3;;/q;;;;+1;-1. The van der Waals surface area contributed by atoms with Crippen molar-refractivity contribution in [3.8, 4) is 6.07 Å². The third-order valence-corrected chi connectivity index (χ3v) is 0.0956. The SMILES string of the molecule is CC(=O)O.CC(=O)O.CCO.N#CC(=O)O.[H-].[K+]. The van der Waals surface area contributed by atoms with Crippen LogP contribution in [0.5, 0.6) is 0 Å². The number of hydrogen-bond acceptors (Lipinski definition) is 5. The molecule has 0 aromatic heterocycles. The molecule has 0 unspecified atom stereocenters. The zero-order chi connectivity index (χ0) is 14.1. The molecule has 17 heavy (non-hydrogen) atoms. The smallest absolute Gasteiger partial charge is 1.00 e. The first kappa shape index (κ1) is 30.0. The van der Waals surface area contributed by atoms with Gasteiger partial charge in [-0.3, -0.25) is 9.59 Å². The average Bonchev–Trinajstić information content (AvgIpc) is 2.03. The summed E-state index contributed by atoms with van der Waals surface area (Å²) in [4.78, 5) is 27.0. The van der Waals surface area contributed by atoms with Gasteiger partial charge in [-0.25, -0.2) is 4.79 Å². The summed E-state index contributed by atoms with van der Waals surface area (Å²) >= 11 is 0. The number of rotatable bonds is 0. The fourth-order valence-electron chi connectivity index (χ4n) is 0. The summed E-state index contributed by atoms with van der Waals surface area (Å²) in [6, 6.07) is 0.944. The Morgan fingerprint density at radius 1 is 1.12 bits per heavy atom. The molecule has 9 heteroatoms. The maximum absolute atomic E-state index is 9.01. The molecule has 0 aliphatic heterocycles. The summed E-state index contributed by atoms with van der Waals surface area (Å²) in [6.07, 6.45) is 0. The average molecular weight is 277 g/mol. The quantitative estimate of drug-likeness (QED) is 0.206. The second-order valence-corrected chi connectivity index (χ2v) is 1.77. The molecule has 0 spiro atoms. The minimum absolute atomic E-state index is 0. The van der Waals surface area contributed by atoms with Crippen molar-refractivity contribution in [2.45, 2.75) is 20.8 Å². The van der Waals surface area contributed by atoms with E-state index >= 15 is 0 Å². The zero-order valence-electron chi connectivity index (χ0n) is 11.2. The molecule has 0 rings (SSSR count). The Labute approximate surface area is 143 Å². The summed E-state index contributed by atoms with van der Waals surface area (Å²) in [5.74, 6) is -3.11. The van der Waals surface area contributed by atoms with E-state index in [2.05, 4.69) is 0 Å². The van der Waals surface area contributed by atoms with Crippen LogP contribution in [0.4, 0.5) is 0 Å². The molecule has 0 atom stereocenters. The van der Waals surface area contributed by atoms with Crippen LogP contribution < -0.4 is 51.4 Å². The first-order chi connectivity index (χ1) is 7.15. The molecule has 96 valence electrons. The third kappa shape index (κ3) is 1260. The molecule has 8 nitrogen and oxygen atoms in total. The van der Waals surface area contributed by atoms with Crippen LogP contribution in [0.15, 0.2) is 0 Å². The van der Waals surface area contributed by atoms with Crippen LogP contribution in [-0.2, 0) is 14.4 Å². The van der Waals surface area contributed by atoms with Gasteiger partial charge in [0, 0.05) is 20.5 Å². The van der Waals surface area contributed by atoms with Crippen LogP contribution in [0.3, 0.4) is 0 Å². The summed E-state index contributed by atoms with van der Waals surface area (Å²) in [5, 5.41) is 37.1. The van der Waals surface area contributed by atoms with Crippen LogP contribution in [0.2, 0.25) is 0 Å². The van der Waals surface area contributed by atoms with Crippen molar-refractivity contribution in [3.63, 3.8) is 0 Å². The number of hydrogen-bond donors (Lipinski definition) is 4. The topological polar surface area (TPSA) is 156 Å². The maximum Gasteiger partial charge on any atom is 1.00 e. The van der Waals surface area contributed by atoms with Gasteiger partial charge in [-0.15, -0.1) is 0 Å². The van der Waals surface area contributed by atoms with Crippen molar-refractivity contribution in [2.75, 3.05) is 6.61 Å². The minimum atomic E-state index is -1.44. The molecule has 0 aromatic rings. The van der Waals surface area contributed by atoms with Crippen LogP contribution in [-0.4, -0.2) is 44.9 Å². The van der Waals surface area contributed by atoms with Gasteiger partial charge in [-0.2, -0.15) is 5.26 Å². The fourth-order valence-corrected chi connectivity index (χ4v) is 0. The molecule has 0 aliphatic carbocycles. The van der Waals surface area contributed by atoms with E-state index in [1.807, 2.05) is 0 Å². The number of carboxylic acid groups (broad SMARTS) is 3. The number of carbonyl (C=O) groups is 3. The Kier molecular flexibility index (Phi) is 52.1. The minimum Gasteiger partial charge on any atom is -1.00 e. The van der Waals surface area contributed by atoms with E-state index in [-0.39, 0.29) is 59.4 Å². The van der Waals surface area contributed by atoms with E-state index < -0.39 is 17.9 Å². The van der Waals surface area contributed by atoms with Crippen molar-refractivity contribution >= 4 is 17.9 Å². The molecular weight excluding hydrogens is 261 g/mol. The van der Waals surface area contributed by atoms with Gasteiger partial charge in [0.2, 0.25) is 0 Å². The number of nitrogens with zero attached hydrogens (tertiary/aromatic N) is 1. The van der Waals surface area contributed by atoms with Crippen molar-refractivity contribution in [3.05, 3.63) is 0 Å². The summed E-state index contributed by atoms with van der Waals surface area (Å²) in [5.41, 5.74) is 0. The Morgan fingerprint density at radius 2 is 1.18 bits per heavy atom. The molecular formula is C8H16KNO7. The Bertz CT molecular complexity index is 222. The van der Waals surface area contributed by atoms with Crippen LogP contribution in [0.1, 0.15) is 22.2 Å². The number of nitriles is 1. The van der Waals surface area contributed by atoms with Gasteiger partial charge in [0.1, 0.15) is 0 Å².